The quantitative estimate of drug-likeness (QED) is 0.332. The number of anilines is 1. The lowest BCUT2D eigenvalue weighted by atomic mass is 10.0. The molecule has 2 amide bonds. The zero-order valence-corrected chi connectivity index (χ0v) is 16.6. The van der Waals surface area contributed by atoms with E-state index in [0.717, 1.165) is 10.8 Å². The van der Waals surface area contributed by atoms with Crippen LogP contribution >= 0.6 is 0 Å². The van der Waals surface area contributed by atoms with E-state index in [0.29, 0.717) is 11.3 Å². The molecule has 0 radical (unpaired) electrons. The molecule has 156 valence electrons. The summed E-state index contributed by atoms with van der Waals surface area (Å²) in [6, 6.07) is 17.2. The van der Waals surface area contributed by atoms with Crippen LogP contribution in [0.25, 0.3) is 10.8 Å². The van der Waals surface area contributed by atoms with Crippen LogP contribution in [0.1, 0.15) is 18.4 Å². The number of benzene rings is 3. The first-order chi connectivity index (χ1) is 15.1. The summed E-state index contributed by atoms with van der Waals surface area (Å²) < 4.78 is 19.1. The van der Waals surface area contributed by atoms with E-state index >= 15 is 0 Å². The fraction of sp³-hybridized carbons (Fsp3) is 0.125. The molecule has 0 aliphatic carbocycles. The van der Waals surface area contributed by atoms with Crippen molar-refractivity contribution in [3.05, 3.63) is 72.0 Å². The molecular formula is C24H20FN3O3. The maximum atomic E-state index is 13.6. The molecule has 0 aromatic heterocycles. The van der Waals surface area contributed by atoms with Crippen molar-refractivity contribution in [1.82, 2.24) is 5.43 Å². The number of ether oxygens (including phenoxy) is 1. The second-order valence-electron chi connectivity index (χ2n) is 6.51. The number of carbonyl (C=O) groups excluding carboxylic acids is 2. The molecule has 0 heterocycles. The molecule has 0 saturated heterocycles. The normalized spacial score (nSPS) is 10.6. The van der Waals surface area contributed by atoms with Crippen molar-refractivity contribution in [2.24, 2.45) is 5.10 Å². The van der Waals surface area contributed by atoms with Gasteiger partial charge in [0.15, 0.2) is 0 Å². The van der Waals surface area contributed by atoms with Gasteiger partial charge in [0.05, 0.1) is 11.9 Å². The monoisotopic (exact) mass is 417 g/mol. The highest BCUT2D eigenvalue weighted by Gasteiger charge is 2.10. The van der Waals surface area contributed by atoms with E-state index in [1.165, 1.54) is 24.4 Å². The van der Waals surface area contributed by atoms with Crippen LogP contribution in [0.5, 0.6) is 5.75 Å². The van der Waals surface area contributed by atoms with Gasteiger partial charge in [0.25, 0.3) is 0 Å². The van der Waals surface area contributed by atoms with E-state index in [1.54, 1.807) is 12.1 Å². The standard InChI is InChI=1S/C24H20FN3O3/c1-2-15-31-22-12-11-17-7-3-4-8-18(17)19(22)16-26-28-24(30)14-13-23(29)27-21-10-6-5-9-20(21)25/h1,3-12,16H,13-15H2,(H,27,29)(H,28,30). The molecule has 6 nitrogen and oxygen atoms in total. The van der Waals surface area contributed by atoms with Gasteiger partial charge >= 0.3 is 0 Å². The zero-order chi connectivity index (χ0) is 22.1. The van der Waals surface area contributed by atoms with Crippen LogP contribution < -0.4 is 15.5 Å². The number of hydrogen-bond acceptors (Lipinski definition) is 4. The molecule has 0 spiro atoms. The third-order valence-electron chi connectivity index (χ3n) is 4.35. The van der Waals surface area contributed by atoms with Crippen LogP contribution in [0.15, 0.2) is 65.8 Å². The highest BCUT2D eigenvalue weighted by molar-refractivity contribution is 6.02. The smallest absolute Gasteiger partial charge is 0.240 e. The Labute approximate surface area is 179 Å². The summed E-state index contributed by atoms with van der Waals surface area (Å²) in [5, 5.41) is 8.29. The predicted molar refractivity (Wildman–Crippen MR) is 118 cm³/mol. The lowest BCUT2D eigenvalue weighted by Crippen LogP contribution is -2.21. The number of carbonyl (C=O) groups is 2. The van der Waals surface area contributed by atoms with Crippen LogP contribution in [-0.4, -0.2) is 24.6 Å². The largest absolute Gasteiger partial charge is 0.480 e. The molecule has 0 atom stereocenters. The topological polar surface area (TPSA) is 79.8 Å². The van der Waals surface area contributed by atoms with Gasteiger partial charge in [-0.25, -0.2) is 9.82 Å². The molecule has 0 fully saturated rings. The van der Waals surface area contributed by atoms with Crippen molar-refractivity contribution in [2.45, 2.75) is 12.8 Å². The number of terminal acetylenes is 1. The molecule has 31 heavy (non-hydrogen) atoms. The lowest BCUT2D eigenvalue weighted by molar-refractivity contribution is -0.124. The van der Waals surface area contributed by atoms with Crippen molar-refractivity contribution in [3.63, 3.8) is 0 Å². The van der Waals surface area contributed by atoms with E-state index < -0.39 is 17.6 Å². The average molecular weight is 417 g/mol. The first kappa shape index (κ1) is 21.5. The number of hydrogen-bond donors (Lipinski definition) is 2. The number of para-hydroxylation sites is 1. The minimum absolute atomic E-state index is 0.0707. The Balaban J connectivity index is 1.60. The van der Waals surface area contributed by atoms with Gasteiger partial charge in [-0.05, 0) is 29.0 Å². The SMILES string of the molecule is C#CCOc1ccc2ccccc2c1C=NNC(=O)CCC(=O)Nc1ccccc1F. The Bertz CT molecular complexity index is 1170. The second-order valence-corrected chi connectivity index (χ2v) is 6.51. The van der Waals surface area contributed by atoms with E-state index in [-0.39, 0.29) is 25.1 Å². The first-order valence-electron chi connectivity index (χ1n) is 9.53. The molecular weight excluding hydrogens is 397 g/mol. The van der Waals surface area contributed by atoms with Crippen LogP contribution in [-0.2, 0) is 9.59 Å². The molecule has 0 aliphatic rings. The van der Waals surface area contributed by atoms with Crippen LogP contribution in [0, 0.1) is 18.2 Å². The molecule has 0 bridgehead atoms. The van der Waals surface area contributed by atoms with E-state index in [4.69, 9.17) is 11.2 Å². The number of fused-ring (bicyclic) bond motifs is 1. The molecule has 7 heteroatoms. The van der Waals surface area contributed by atoms with Gasteiger partial charge in [-0.2, -0.15) is 5.10 Å². The summed E-state index contributed by atoms with van der Waals surface area (Å²) in [6.07, 6.45) is 6.54. The number of amides is 2. The van der Waals surface area contributed by atoms with Gasteiger partial charge < -0.3 is 10.1 Å². The maximum absolute atomic E-state index is 13.6. The van der Waals surface area contributed by atoms with Crippen molar-refractivity contribution in [3.8, 4) is 18.1 Å². The summed E-state index contributed by atoms with van der Waals surface area (Å²) in [5.41, 5.74) is 3.13. The Morgan fingerprint density at radius 3 is 2.58 bits per heavy atom. The van der Waals surface area contributed by atoms with E-state index in [2.05, 4.69) is 21.8 Å². The van der Waals surface area contributed by atoms with Crippen molar-refractivity contribution in [2.75, 3.05) is 11.9 Å². The lowest BCUT2D eigenvalue weighted by Gasteiger charge is -2.10. The van der Waals surface area contributed by atoms with Gasteiger partial charge in [0.1, 0.15) is 18.2 Å². The first-order valence-corrected chi connectivity index (χ1v) is 9.53. The van der Waals surface area contributed by atoms with E-state index in [9.17, 15) is 14.0 Å². The number of hydrazone groups is 1. The van der Waals surface area contributed by atoms with E-state index in [1.807, 2.05) is 30.3 Å². The molecule has 3 aromatic rings. The number of nitrogens with one attached hydrogen (secondary N) is 2. The minimum atomic E-state index is -0.539. The average Bonchev–Trinajstić information content (AvgIpc) is 2.78. The van der Waals surface area contributed by atoms with Crippen LogP contribution in [0.2, 0.25) is 0 Å². The van der Waals surface area contributed by atoms with Crippen molar-refractivity contribution < 1.29 is 18.7 Å². The third kappa shape index (κ3) is 5.90. The maximum Gasteiger partial charge on any atom is 0.240 e. The van der Waals surface area contributed by atoms with Gasteiger partial charge in [-0.15, -0.1) is 6.42 Å². The zero-order valence-electron chi connectivity index (χ0n) is 16.6. The summed E-state index contributed by atoms with van der Waals surface area (Å²) in [5.74, 6) is 1.50. The van der Waals surface area contributed by atoms with Gasteiger partial charge in [-0.1, -0.05) is 48.4 Å². The number of rotatable bonds is 8. The molecule has 2 N–H and O–H groups in total. The summed E-state index contributed by atoms with van der Waals surface area (Å²) in [6.45, 7) is 0.0999. The minimum Gasteiger partial charge on any atom is -0.480 e. The molecule has 0 unspecified atom stereocenters. The summed E-state index contributed by atoms with van der Waals surface area (Å²) in [7, 11) is 0. The second kappa shape index (κ2) is 10.6. The molecule has 0 aliphatic heterocycles. The molecule has 3 aromatic carbocycles. The third-order valence-corrected chi connectivity index (χ3v) is 4.35. The summed E-state index contributed by atoms with van der Waals surface area (Å²) in [4.78, 5) is 24.0. The fourth-order valence-corrected chi connectivity index (χ4v) is 2.88. The Kier molecular flexibility index (Phi) is 7.33. The van der Waals surface area contributed by atoms with Gasteiger partial charge in [-0.3, -0.25) is 9.59 Å². The van der Waals surface area contributed by atoms with Crippen LogP contribution in [0.4, 0.5) is 10.1 Å². The van der Waals surface area contributed by atoms with Crippen molar-refractivity contribution in [1.29, 1.82) is 0 Å². The van der Waals surface area contributed by atoms with Gasteiger partial charge in [0, 0.05) is 18.4 Å². The fourth-order valence-electron chi connectivity index (χ4n) is 2.88. The highest BCUT2D eigenvalue weighted by Crippen LogP contribution is 2.26. The molecule has 0 saturated carbocycles. The Morgan fingerprint density at radius 2 is 1.77 bits per heavy atom. The van der Waals surface area contributed by atoms with Crippen LogP contribution in [0.3, 0.4) is 0 Å². The van der Waals surface area contributed by atoms with Gasteiger partial charge in [0.2, 0.25) is 11.8 Å². The number of nitrogens with zero attached hydrogens (tertiary/aromatic N) is 1. The van der Waals surface area contributed by atoms with Crippen molar-refractivity contribution >= 4 is 34.5 Å². The number of halogens is 1. The Morgan fingerprint density at radius 1 is 1.03 bits per heavy atom. The molecule has 3 rings (SSSR count). The highest BCUT2D eigenvalue weighted by atomic mass is 19.1. The predicted octanol–water partition coefficient (Wildman–Crippen LogP) is 3.86. The Hall–Kier alpha value is -4.18. The summed E-state index contributed by atoms with van der Waals surface area (Å²) >= 11 is 0.